The first-order valence-electron chi connectivity index (χ1n) is 4.13. The molecule has 5 nitrogen and oxygen atoms in total. The zero-order valence-corrected chi connectivity index (χ0v) is 7.84. The van der Waals surface area contributed by atoms with E-state index in [2.05, 4.69) is 5.92 Å². The number of terminal acetylenes is 1. The Morgan fingerprint density at radius 3 is 2.87 bits per heavy atom. The van der Waals surface area contributed by atoms with Crippen molar-refractivity contribution in [1.82, 2.24) is 0 Å². The highest BCUT2D eigenvalue weighted by Crippen LogP contribution is 2.27. The van der Waals surface area contributed by atoms with Crippen molar-refractivity contribution in [3.8, 4) is 18.1 Å². The Bertz CT molecular complexity index is 408. The standard InChI is InChI=1S/C10H9NO4/c1-2-5-15-10-6-8(7-12)3-4-9(10)11(13)14/h1,3-4,6,12H,5,7H2. The van der Waals surface area contributed by atoms with E-state index in [1.165, 1.54) is 18.2 Å². The largest absolute Gasteiger partial charge is 0.474 e. The molecule has 0 saturated heterocycles. The first kappa shape index (κ1) is 11.0. The lowest BCUT2D eigenvalue weighted by molar-refractivity contribution is -0.385. The molecule has 0 radical (unpaired) electrons. The summed E-state index contributed by atoms with van der Waals surface area (Å²) in [7, 11) is 0. The van der Waals surface area contributed by atoms with Gasteiger partial charge in [0.1, 0.15) is 6.61 Å². The Kier molecular flexibility index (Phi) is 3.66. The highest BCUT2D eigenvalue weighted by molar-refractivity contribution is 5.48. The first-order valence-corrected chi connectivity index (χ1v) is 4.13. The quantitative estimate of drug-likeness (QED) is 0.456. The molecule has 0 fully saturated rings. The highest BCUT2D eigenvalue weighted by Gasteiger charge is 2.14. The second-order valence-electron chi connectivity index (χ2n) is 2.71. The molecule has 0 aliphatic rings. The Balaban J connectivity index is 3.06. The van der Waals surface area contributed by atoms with Crippen LogP contribution in [0.25, 0.3) is 0 Å². The van der Waals surface area contributed by atoms with Gasteiger partial charge in [-0.2, -0.15) is 0 Å². The first-order chi connectivity index (χ1) is 7.19. The Labute approximate surface area is 86.5 Å². The van der Waals surface area contributed by atoms with E-state index in [0.717, 1.165) is 0 Å². The molecule has 78 valence electrons. The summed E-state index contributed by atoms with van der Waals surface area (Å²) >= 11 is 0. The van der Waals surface area contributed by atoms with Crippen molar-refractivity contribution in [2.45, 2.75) is 6.61 Å². The summed E-state index contributed by atoms with van der Waals surface area (Å²) in [4.78, 5) is 10.0. The van der Waals surface area contributed by atoms with Gasteiger partial charge in [-0.1, -0.05) is 5.92 Å². The fraction of sp³-hybridized carbons (Fsp3) is 0.200. The highest BCUT2D eigenvalue weighted by atomic mass is 16.6. The fourth-order valence-corrected chi connectivity index (χ4v) is 1.04. The van der Waals surface area contributed by atoms with Crippen molar-refractivity contribution < 1.29 is 14.8 Å². The van der Waals surface area contributed by atoms with E-state index in [0.29, 0.717) is 5.56 Å². The van der Waals surface area contributed by atoms with Crippen molar-refractivity contribution in [2.24, 2.45) is 0 Å². The van der Waals surface area contributed by atoms with E-state index in [9.17, 15) is 10.1 Å². The van der Waals surface area contributed by atoms with Crippen LogP contribution in [0.1, 0.15) is 5.56 Å². The molecule has 15 heavy (non-hydrogen) atoms. The number of aliphatic hydroxyl groups is 1. The molecule has 0 amide bonds. The summed E-state index contributed by atoms with van der Waals surface area (Å²) < 4.78 is 5.00. The fourth-order valence-electron chi connectivity index (χ4n) is 1.04. The van der Waals surface area contributed by atoms with Crippen LogP contribution in [0.4, 0.5) is 5.69 Å². The Morgan fingerprint density at radius 1 is 1.60 bits per heavy atom. The van der Waals surface area contributed by atoms with Crippen LogP contribution in [0, 0.1) is 22.5 Å². The molecule has 0 bridgehead atoms. The van der Waals surface area contributed by atoms with Gasteiger partial charge in [0.25, 0.3) is 0 Å². The summed E-state index contributed by atoms with van der Waals surface area (Å²) in [5.74, 6) is 2.29. The van der Waals surface area contributed by atoms with Crippen LogP contribution in [-0.2, 0) is 6.61 Å². The van der Waals surface area contributed by atoms with Crippen molar-refractivity contribution >= 4 is 5.69 Å². The summed E-state index contributed by atoms with van der Waals surface area (Å²) in [6.07, 6.45) is 4.98. The van der Waals surface area contributed by atoms with E-state index >= 15 is 0 Å². The van der Waals surface area contributed by atoms with Gasteiger partial charge in [-0.25, -0.2) is 0 Å². The van der Waals surface area contributed by atoms with Gasteiger partial charge in [-0.05, 0) is 17.7 Å². The molecule has 1 N–H and O–H groups in total. The molecule has 0 spiro atoms. The van der Waals surface area contributed by atoms with Gasteiger partial charge in [-0.15, -0.1) is 6.42 Å². The topological polar surface area (TPSA) is 72.6 Å². The molecule has 1 aromatic carbocycles. The van der Waals surface area contributed by atoms with Gasteiger partial charge >= 0.3 is 5.69 Å². The second kappa shape index (κ2) is 4.98. The van der Waals surface area contributed by atoms with Crippen molar-refractivity contribution in [2.75, 3.05) is 6.61 Å². The molecule has 0 unspecified atom stereocenters. The second-order valence-corrected chi connectivity index (χ2v) is 2.71. The smallest absolute Gasteiger partial charge is 0.310 e. The van der Waals surface area contributed by atoms with E-state index in [1.54, 1.807) is 0 Å². The lowest BCUT2D eigenvalue weighted by Crippen LogP contribution is -1.99. The third-order valence-electron chi connectivity index (χ3n) is 1.71. The molecule has 0 atom stereocenters. The summed E-state index contributed by atoms with van der Waals surface area (Å²) in [6.45, 7) is -0.250. The van der Waals surface area contributed by atoms with Crippen LogP contribution in [-0.4, -0.2) is 16.6 Å². The molecule has 0 aromatic heterocycles. The van der Waals surface area contributed by atoms with E-state index in [4.69, 9.17) is 16.3 Å². The number of hydrogen-bond acceptors (Lipinski definition) is 4. The Morgan fingerprint density at radius 2 is 2.33 bits per heavy atom. The average Bonchev–Trinajstić information content (AvgIpc) is 2.25. The average molecular weight is 207 g/mol. The van der Waals surface area contributed by atoms with Gasteiger partial charge in [0.15, 0.2) is 5.75 Å². The Hall–Kier alpha value is -2.06. The molecule has 0 saturated carbocycles. The third kappa shape index (κ3) is 2.69. The van der Waals surface area contributed by atoms with Crippen LogP contribution in [0.15, 0.2) is 18.2 Å². The number of nitrogens with zero attached hydrogens (tertiary/aromatic N) is 1. The van der Waals surface area contributed by atoms with Crippen molar-refractivity contribution in [1.29, 1.82) is 0 Å². The molecular weight excluding hydrogens is 198 g/mol. The monoisotopic (exact) mass is 207 g/mol. The maximum Gasteiger partial charge on any atom is 0.310 e. The molecule has 0 heterocycles. The number of ether oxygens (including phenoxy) is 1. The molecule has 0 aliphatic heterocycles. The van der Waals surface area contributed by atoms with Gasteiger partial charge in [0, 0.05) is 6.07 Å². The van der Waals surface area contributed by atoms with Crippen LogP contribution >= 0.6 is 0 Å². The van der Waals surface area contributed by atoms with Crippen LogP contribution < -0.4 is 4.74 Å². The molecule has 0 aliphatic carbocycles. The van der Waals surface area contributed by atoms with E-state index < -0.39 is 4.92 Å². The maximum atomic E-state index is 10.6. The van der Waals surface area contributed by atoms with Crippen LogP contribution in [0.2, 0.25) is 0 Å². The SMILES string of the molecule is C#CCOc1cc(CO)ccc1[N+](=O)[O-]. The summed E-state index contributed by atoms with van der Waals surface area (Å²) in [5.41, 5.74) is 0.370. The summed E-state index contributed by atoms with van der Waals surface area (Å²) in [5, 5.41) is 19.4. The zero-order valence-electron chi connectivity index (χ0n) is 7.84. The van der Waals surface area contributed by atoms with Gasteiger partial charge in [0.05, 0.1) is 11.5 Å². The number of nitro groups is 1. The number of hydrogen-bond donors (Lipinski definition) is 1. The molecule has 1 aromatic rings. The lowest BCUT2D eigenvalue weighted by Gasteiger charge is -2.04. The van der Waals surface area contributed by atoms with E-state index in [1.807, 2.05) is 0 Å². The van der Waals surface area contributed by atoms with Gasteiger partial charge < -0.3 is 9.84 Å². The third-order valence-corrected chi connectivity index (χ3v) is 1.71. The lowest BCUT2D eigenvalue weighted by atomic mass is 10.2. The predicted molar refractivity (Wildman–Crippen MR) is 53.3 cm³/mol. The molecular formula is C10H9NO4. The van der Waals surface area contributed by atoms with Gasteiger partial charge in [-0.3, -0.25) is 10.1 Å². The molecule has 1 rings (SSSR count). The normalized spacial score (nSPS) is 9.33. The minimum absolute atomic E-state index is 0.0459. The number of benzene rings is 1. The number of rotatable bonds is 4. The predicted octanol–water partition coefficient (Wildman–Crippen LogP) is 1.10. The maximum absolute atomic E-state index is 10.6. The zero-order chi connectivity index (χ0) is 11.3. The van der Waals surface area contributed by atoms with Crippen LogP contribution in [0.3, 0.4) is 0 Å². The van der Waals surface area contributed by atoms with Gasteiger partial charge in [0.2, 0.25) is 0 Å². The minimum Gasteiger partial charge on any atom is -0.474 e. The van der Waals surface area contributed by atoms with E-state index in [-0.39, 0.29) is 24.7 Å². The number of aliphatic hydroxyl groups excluding tert-OH is 1. The number of nitro benzene ring substituents is 1. The minimum atomic E-state index is -0.562. The van der Waals surface area contributed by atoms with Crippen molar-refractivity contribution in [3.05, 3.63) is 33.9 Å². The summed E-state index contributed by atoms with van der Waals surface area (Å²) in [6, 6.07) is 4.13. The molecule has 5 heteroatoms. The van der Waals surface area contributed by atoms with Crippen molar-refractivity contribution in [3.63, 3.8) is 0 Å². The van der Waals surface area contributed by atoms with Crippen LogP contribution in [0.5, 0.6) is 5.75 Å².